The van der Waals surface area contributed by atoms with Gasteiger partial charge in [-0.3, -0.25) is 4.79 Å². The Hall–Kier alpha value is -1.40. The fourth-order valence-electron chi connectivity index (χ4n) is 3.16. The number of benzene rings is 1. The number of morpholine rings is 1. The lowest BCUT2D eigenvalue weighted by atomic mass is 9.82. The molecule has 21 heavy (non-hydrogen) atoms. The molecule has 0 aliphatic carbocycles. The number of piperidine rings is 1. The van der Waals surface area contributed by atoms with E-state index in [9.17, 15) is 18.0 Å². The van der Waals surface area contributed by atoms with Crippen molar-refractivity contribution in [3.8, 4) is 0 Å². The fourth-order valence-corrected chi connectivity index (χ4v) is 3.16. The second-order valence-corrected chi connectivity index (χ2v) is 5.78. The molecule has 114 valence electrons. The third-order valence-electron chi connectivity index (χ3n) is 4.12. The normalized spacial score (nSPS) is 28.4. The molecule has 2 aliphatic rings. The van der Waals surface area contributed by atoms with Gasteiger partial charge in [0.1, 0.15) is 5.78 Å². The van der Waals surface area contributed by atoms with E-state index in [0.717, 1.165) is 12.1 Å². The van der Waals surface area contributed by atoms with Gasteiger partial charge in [-0.15, -0.1) is 0 Å². The first-order chi connectivity index (χ1) is 10.0. The van der Waals surface area contributed by atoms with Gasteiger partial charge in [-0.1, -0.05) is 0 Å². The first kappa shape index (κ1) is 14.5. The molecule has 0 saturated carbocycles. The second kappa shape index (κ2) is 5.77. The summed E-state index contributed by atoms with van der Waals surface area (Å²) in [5, 5.41) is 3.38. The molecular formula is C15H16F3NO2. The molecule has 0 spiro atoms. The van der Waals surface area contributed by atoms with Crippen molar-refractivity contribution in [2.75, 3.05) is 13.2 Å². The van der Waals surface area contributed by atoms with Crippen molar-refractivity contribution in [2.45, 2.75) is 31.3 Å². The van der Waals surface area contributed by atoms with Crippen molar-refractivity contribution in [3.05, 3.63) is 35.1 Å². The summed E-state index contributed by atoms with van der Waals surface area (Å²) >= 11 is 0. The van der Waals surface area contributed by atoms with Crippen LogP contribution in [0.5, 0.6) is 0 Å². The molecule has 2 saturated heterocycles. The van der Waals surface area contributed by atoms with Crippen LogP contribution in [-0.2, 0) is 16.0 Å². The lowest BCUT2D eigenvalue weighted by molar-refractivity contribution is -0.125. The van der Waals surface area contributed by atoms with Crippen LogP contribution in [0.3, 0.4) is 0 Å². The number of carbonyl (C=O) groups is 1. The minimum absolute atomic E-state index is 0.0567. The number of carbonyl (C=O) groups excluding carboxylic acids is 1. The molecule has 2 bridgehead atoms. The van der Waals surface area contributed by atoms with E-state index in [4.69, 9.17) is 4.74 Å². The highest BCUT2D eigenvalue weighted by Crippen LogP contribution is 2.26. The molecule has 2 atom stereocenters. The van der Waals surface area contributed by atoms with Gasteiger partial charge >= 0.3 is 0 Å². The standard InChI is InChI=1S/C15H16F3NO2/c16-12-1-8(2-13(17)15(12)18)3-14(20)9-4-10-6-21-7-11(5-9)19-10/h1-2,9-11,19H,3-7H2. The molecule has 6 heteroatoms. The van der Waals surface area contributed by atoms with Gasteiger partial charge in [0.05, 0.1) is 13.2 Å². The maximum atomic E-state index is 13.2. The van der Waals surface area contributed by atoms with E-state index in [2.05, 4.69) is 5.32 Å². The topological polar surface area (TPSA) is 38.3 Å². The summed E-state index contributed by atoms with van der Waals surface area (Å²) in [5.41, 5.74) is 0.177. The first-order valence-corrected chi connectivity index (χ1v) is 7.03. The Kier molecular flexibility index (Phi) is 3.99. The maximum Gasteiger partial charge on any atom is 0.194 e. The number of hydrogen-bond acceptors (Lipinski definition) is 3. The van der Waals surface area contributed by atoms with Crippen LogP contribution in [0, 0.1) is 23.4 Å². The zero-order chi connectivity index (χ0) is 15.0. The van der Waals surface area contributed by atoms with E-state index in [1.54, 1.807) is 0 Å². The average Bonchev–Trinajstić information content (AvgIpc) is 2.44. The van der Waals surface area contributed by atoms with E-state index in [0.29, 0.717) is 26.1 Å². The number of ether oxygens (including phenoxy) is 1. The SMILES string of the molecule is O=C(Cc1cc(F)c(F)c(F)c1)C1CC2COCC(C1)N2. The van der Waals surface area contributed by atoms with Gasteiger partial charge in [-0.05, 0) is 30.5 Å². The lowest BCUT2D eigenvalue weighted by Gasteiger charge is -2.39. The molecule has 2 unspecified atom stereocenters. The van der Waals surface area contributed by atoms with E-state index >= 15 is 0 Å². The Morgan fingerprint density at radius 1 is 1.14 bits per heavy atom. The lowest BCUT2D eigenvalue weighted by Crippen LogP contribution is -2.55. The maximum absolute atomic E-state index is 13.2. The molecule has 0 radical (unpaired) electrons. The predicted molar refractivity (Wildman–Crippen MR) is 69.3 cm³/mol. The highest BCUT2D eigenvalue weighted by molar-refractivity contribution is 5.83. The molecule has 0 amide bonds. The number of fused-ring (bicyclic) bond motifs is 2. The number of nitrogens with one attached hydrogen (secondary N) is 1. The van der Waals surface area contributed by atoms with Crippen molar-refractivity contribution < 1.29 is 22.7 Å². The van der Waals surface area contributed by atoms with E-state index in [1.165, 1.54) is 0 Å². The quantitative estimate of drug-likeness (QED) is 0.867. The number of hydrogen-bond donors (Lipinski definition) is 1. The van der Waals surface area contributed by atoms with Crippen molar-refractivity contribution in [1.82, 2.24) is 5.32 Å². The number of ketones is 1. The molecular weight excluding hydrogens is 283 g/mol. The molecule has 2 aliphatic heterocycles. The Morgan fingerprint density at radius 3 is 2.29 bits per heavy atom. The second-order valence-electron chi connectivity index (χ2n) is 5.78. The van der Waals surface area contributed by atoms with Crippen molar-refractivity contribution >= 4 is 5.78 Å². The van der Waals surface area contributed by atoms with Crippen molar-refractivity contribution in [3.63, 3.8) is 0 Å². The third kappa shape index (κ3) is 3.11. The Balaban J connectivity index is 1.69. The summed E-state index contributed by atoms with van der Waals surface area (Å²) < 4.78 is 44.6. The Morgan fingerprint density at radius 2 is 1.71 bits per heavy atom. The van der Waals surface area contributed by atoms with Crippen LogP contribution in [-0.4, -0.2) is 31.1 Å². The van der Waals surface area contributed by atoms with Crippen LogP contribution in [0.4, 0.5) is 13.2 Å². The van der Waals surface area contributed by atoms with Crippen molar-refractivity contribution in [2.24, 2.45) is 5.92 Å². The van der Waals surface area contributed by atoms with Crippen LogP contribution in [0.25, 0.3) is 0 Å². The predicted octanol–water partition coefficient (Wildman–Crippen LogP) is 1.98. The fraction of sp³-hybridized carbons (Fsp3) is 0.533. The average molecular weight is 299 g/mol. The van der Waals surface area contributed by atoms with Crippen molar-refractivity contribution in [1.29, 1.82) is 0 Å². The highest BCUT2D eigenvalue weighted by atomic mass is 19.2. The van der Waals surface area contributed by atoms with Crippen LogP contribution in [0.2, 0.25) is 0 Å². The molecule has 3 nitrogen and oxygen atoms in total. The van der Waals surface area contributed by atoms with E-state index in [1.807, 2.05) is 0 Å². The van der Waals surface area contributed by atoms with Crippen LogP contribution >= 0.6 is 0 Å². The van der Waals surface area contributed by atoms with Crippen LogP contribution in [0.15, 0.2) is 12.1 Å². The third-order valence-corrected chi connectivity index (χ3v) is 4.12. The van der Waals surface area contributed by atoms with Gasteiger partial charge in [-0.25, -0.2) is 13.2 Å². The van der Waals surface area contributed by atoms with Crippen LogP contribution < -0.4 is 5.32 Å². The number of rotatable bonds is 3. The molecule has 1 aromatic rings. The number of Topliss-reactive ketones (excluding diaryl/α,β-unsaturated/α-hetero) is 1. The smallest absolute Gasteiger partial charge is 0.194 e. The van der Waals surface area contributed by atoms with E-state index in [-0.39, 0.29) is 35.8 Å². The Labute approximate surface area is 120 Å². The van der Waals surface area contributed by atoms with Gasteiger partial charge in [0.2, 0.25) is 0 Å². The molecule has 2 heterocycles. The summed E-state index contributed by atoms with van der Waals surface area (Å²) in [5.74, 6) is -4.21. The summed E-state index contributed by atoms with van der Waals surface area (Å²) in [6, 6.07) is 2.10. The largest absolute Gasteiger partial charge is 0.378 e. The minimum Gasteiger partial charge on any atom is -0.378 e. The summed E-state index contributed by atoms with van der Waals surface area (Å²) in [6.07, 6.45) is 1.27. The molecule has 0 aromatic heterocycles. The minimum atomic E-state index is -1.50. The van der Waals surface area contributed by atoms with Gasteiger partial charge in [0.25, 0.3) is 0 Å². The highest BCUT2D eigenvalue weighted by Gasteiger charge is 2.35. The monoisotopic (exact) mass is 299 g/mol. The van der Waals surface area contributed by atoms with E-state index < -0.39 is 17.5 Å². The first-order valence-electron chi connectivity index (χ1n) is 7.03. The van der Waals surface area contributed by atoms with Gasteiger partial charge in [0, 0.05) is 24.4 Å². The number of halogens is 3. The zero-order valence-corrected chi connectivity index (χ0v) is 11.4. The van der Waals surface area contributed by atoms with Crippen LogP contribution in [0.1, 0.15) is 18.4 Å². The molecule has 3 rings (SSSR count). The summed E-state index contributed by atoms with van der Waals surface area (Å²) in [4.78, 5) is 12.3. The van der Waals surface area contributed by atoms with Gasteiger partial charge < -0.3 is 10.1 Å². The van der Waals surface area contributed by atoms with Gasteiger partial charge in [-0.2, -0.15) is 0 Å². The molecule has 2 fully saturated rings. The zero-order valence-electron chi connectivity index (χ0n) is 11.4. The Bertz CT molecular complexity index is 529. The summed E-state index contributed by atoms with van der Waals surface area (Å²) in [7, 11) is 0. The molecule has 1 N–H and O–H groups in total. The summed E-state index contributed by atoms with van der Waals surface area (Å²) in [6.45, 7) is 1.17. The van der Waals surface area contributed by atoms with Gasteiger partial charge in [0.15, 0.2) is 17.5 Å². The molecule has 1 aromatic carbocycles.